The van der Waals surface area contributed by atoms with Crippen molar-refractivity contribution >= 4 is 5.97 Å². The second-order valence-electron chi connectivity index (χ2n) is 11.6. The SMILES string of the molecule is CCCCCCCCCCCCCCCC(=O)O.Fc1ccc([C@@H]2CCNC[C@H]2COc2ccc3c(c2)OCO3)cc1. The van der Waals surface area contributed by atoms with E-state index in [9.17, 15) is 9.18 Å². The molecule has 6 nitrogen and oxygen atoms in total. The van der Waals surface area contributed by atoms with Gasteiger partial charge < -0.3 is 24.6 Å². The van der Waals surface area contributed by atoms with Crippen LogP contribution < -0.4 is 19.5 Å². The van der Waals surface area contributed by atoms with E-state index in [1.54, 1.807) is 0 Å². The first-order valence-corrected chi connectivity index (χ1v) is 16.3. The molecule has 2 aromatic rings. The topological polar surface area (TPSA) is 77.0 Å². The van der Waals surface area contributed by atoms with E-state index >= 15 is 0 Å². The molecule has 0 saturated carbocycles. The van der Waals surface area contributed by atoms with Gasteiger partial charge in [0.15, 0.2) is 11.5 Å². The summed E-state index contributed by atoms with van der Waals surface area (Å²) < 4.78 is 29.9. The Morgan fingerprint density at radius 1 is 0.881 bits per heavy atom. The van der Waals surface area contributed by atoms with E-state index in [0.29, 0.717) is 24.9 Å². The van der Waals surface area contributed by atoms with Crippen LogP contribution in [0.3, 0.4) is 0 Å². The highest BCUT2D eigenvalue weighted by Gasteiger charge is 2.27. The number of ether oxygens (including phenoxy) is 3. The van der Waals surface area contributed by atoms with Crippen LogP contribution in [0.5, 0.6) is 17.2 Å². The van der Waals surface area contributed by atoms with Crippen LogP contribution in [0.4, 0.5) is 4.39 Å². The van der Waals surface area contributed by atoms with Crippen molar-refractivity contribution in [2.45, 2.75) is 109 Å². The van der Waals surface area contributed by atoms with Gasteiger partial charge in [0.05, 0.1) is 6.61 Å². The molecule has 42 heavy (non-hydrogen) atoms. The Morgan fingerprint density at radius 3 is 2.14 bits per heavy atom. The third kappa shape index (κ3) is 13.0. The van der Waals surface area contributed by atoms with E-state index in [4.69, 9.17) is 19.3 Å². The van der Waals surface area contributed by atoms with Crippen molar-refractivity contribution in [1.29, 1.82) is 0 Å². The summed E-state index contributed by atoms with van der Waals surface area (Å²) in [6.07, 6.45) is 18.3. The fourth-order valence-electron chi connectivity index (χ4n) is 5.71. The van der Waals surface area contributed by atoms with Gasteiger partial charge in [-0.1, -0.05) is 96.1 Å². The van der Waals surface area contributed by atoms with Gasteiger partial charge in [-0.05, 0) is 55.1 Å². The maximum absolute atomic E-state index is 13.2. The molecular weight excluding hydrogens is 533 g/mol. The molecule has 1 fully saturated rings. The number of hydrogen-bond acceptors (Lipinski definition) is 5. The Hall–Kier alpha value is -2.80. The molecule has 0 spiro atoms. The van der Waals surface area contributed by atoms with Crippen LogP contribution in [-0.4, -0.2) is 37.6 Å². The molecule has 1 saturated heterocycles. The molecule has 0 unspecified atom stereocenters. The Labute approximate surface area is 252 Å². The van der Waals surface area contributed by atoms with Gasteiger partial charge in [0.2, 0.25) is 6.79 Å². The minimum absolute atomic E-state index is 0.194. The molecule has 2 aliphatic heterocycles. The maximum atomic E-state index is 13.2. The van der Waals surface area contributed by atoms with Crippen molar-refractivity contribution in [2.24, 2.45) is 5.92 Å². The number of carbonyl (C=O) groups is 1. The van der Waals surface area contributed by atoms with Crippen molar-refractivity contribution < 1.29 is 28.5 Å². The summed E-state index contributed by atoms with van der Waals surface area (Å²) in [7, 11) is 0. The largest absolute Gasteiger partial charge is 0.493 e. The molecule has 234 valence electrons. The molecule has 4 rings (SSSR count). The predicted molar refractivity (Wildman–Crippen MR) is 166 cm³/mol. The van der Waals surface area contributed by atoms with E-state index in [-0.39, 0.29) is 12.6 Å². The number of benzene rings is 2. The zero-order chi connectivity index (χ0) is 29.8. The maximum Gasteiger partial charge on any atom is 0.303 e. The molecule has 0 aromatic heterocycles. The van der Waals surface area contributed by atoms with Gasteiger partial charge in [0.1, 0.15) is 11.6 Å². The molecule has 7 heteroatoms. The van der Waals surface area contributed by atoms with Gasteiger partial charge in [0.25, 0.3) is 0 Å². The molecule has 0 amide bonds. The normalized spacial score (nSPS) is 17.4. The molecule has 2 atom stereocenters. The van der Waals surface area contributed by atoms with Crippen LogP contribution in [0.2, 0.25) is 0 Å². The zero-order valence-electron chi connectivity index (χ0n) is 25.6. The summed E-state index contributed by atoms with van der Waals surface area (Å²) in [5, 5.41) is 11.9. The third-order valence-corrected chi connectivity index (χ3v) is 8.21. The van der Waals surface area contributed by atoms with Crippen LogP contribution in [0, 0.1) is 11.7 Å². The number of rotatable bonds is 18. The van der Waals surface area contributed by atoms with Gasteiger partial charge in [-0.25, -0.2) is 4.39 Å². The van der Waals surface area contributed by atoms with E-state index < -0.39 is 5.97 Å². The molecule has 0 bridgehead atoms. The first-order chi connectivity index (χ1) is 20.6. The highest BCUT2D eigenvalue weighted by Crippen LogP contribution is 2.36. The second kappa shape index (κ2) is 20.2. The monoisotopic (exact) mass is 585 g/mol. The van der Waals surface area contributed by atoms with Crippen LogP contribution in [0.25, 0.3) is 0 Å². The van der Waals surface area contributed by atoms with Crippen LogP contribution >= 0.6 is 0 Å². The van der Waals surface area contributed by atoms with Crippen LogP contribution in [-0.2, 0) is 4.79 Å². The molecular formula is C35H52FNO5. The number of piperidine rings is 1. The smallest absolute Gasteiger partial charge is 0.303 e. The standard InChI is InChI=1S/C19H20FNO3.C16H32O2/c20-15-3-1-13(2-4-15)17-7-8-21-10-14(17)11-22-16-5-6-18-19(9-16)24-12-23-18;1-2-3-4-5-6-7-8-9-10-11-12-13-14-15-16(17)18/h1-6,9,14,17,21H,7-8,10-12H2;2-15H2,1H3,(H,17,18)/t14-,17-;/m0./s1. The van der Waals surface area contributed by atoms with Gasteiger partial charge in [-0.15, -0.1) is 0 Å². The molecule has 2 heterocycles. The summed E-state index contributed by atoms with van der Waals surface area (Å²) in [6, 6.07) is 12.5. The van der Waals surface area contributed by atoms with Crippen LogP contribution in [0.15, 0.2) is 42.5 Å². The summed E-state index contributed by atoms with van der Waals surface area (Å²) in [5.41, 5.74) is 1.18. The Bertz CT molecular complexity index is 1010. The lowest BCUT2D eigenvalue weighted by Crippen LogP contribution is -2.38. The van der Waals surface area contributed by atoms with Crippen molar-refractivity contribution in [1.82, 2.24) is 5.32 Å². The molecule has 2 aromatic carbocycles. The summed E-state index contributed by atoms with van der Waals surface area (Å²) in [5.74, 6) is 2.13. The fraction of sp³-hybridized carbons (Fsp3) is 0.629. The van der Waals surface area contributed by atoms with Crippen molar-refractivity contribution in [3.05, 3.63) is 53.8 Å². The quantitative estimate of drug-likeness (QED) is 0.170. The molecule has 0 aliphatic carbocycles. The predicted octanol–water partition coefficient (Wildman–Crippen LogP) is 8.88. The number of fused-ring (bicyclic) bond motifs is 1. The van der Waals surface area contributed by atoms with Crippen LogP contribution in [0.1, 0.15) is 115 Å². The number of aliphatic carboxylic acids is 1. The van der Waals surface area contributed by atoms with Crippen molar-refractivity contribution in [2.75, 3.05) is 26.5 Å². The first kappa shape index (κ1) is 33.7. The number of hydrogen-bond donors (Lipinski definition) is 2. The highest BCUT2D eigenvalue weighted by atomic mass is 19.1. The Kier molecular flexibility index (Phi) is 16.2. The fourth-order valence-corrected chi connectivity index (χ4v) is 5.71. The Balaban J connectivity index is 0.000000243. The second-order valence-corrected chi connectivity index (χ2v) is 11.6. The highest BCUT2D eigenvalue weighted by molar-refractivity contribution is 5.66. The third-order valence-electron chi connectivity index (χ3n) is 8.21. The lowest BCUT2D eigenvalue weighted by atomic mass is 9.81. The number of nitrogens with one attached hydrogen (secondary N) is 1. The zero-order valence-corrected chi connectivity index (χ0v) is 25.6. The Morgan fingerprint density at radius 2 is 1.50 bits per heavy atom. The summed E-state index contributed by atoms with van der Waals surface area (Å²) >= 11 is 0. The minimum atomic E-state index is -0.655. The molecule has 2 aliphatic rings. The lowest BCUT2D eigenvalue weighted by Gasteiger charge is -2.32. The average Bonchev–Trinajstić information content (AvgIpc) is 3.47. The summed E-state index contributed by atoms with van der Waals surface area (Å²) in [6.45, 7) is 5.00. The number of unbranched alkanes of at least 4 members (excludes halogenated alkanes) is 12. The van der Waals surface area contributed by atoms with E-state index in [1.807, 2.05) is 30.3 Å². The first-order valence-electron chi connectivity index (χ1n) is 16.3. The van der Waals surface area contributed by atoms with Gasteiger partial charge in [-0.3, -0.25) is 4.79 Å². The van der Waals surface area contributed by atoms with Gasteiger partial charge >= 0.3 is 5.97 Å². The van der Waals surface area contributed by atoms with Gasteiger partial charge in [-0.2, -0.15) is 0 Å². The van der Waals surface area contributed by atoms with E-state index in [2.05, 4.69) is 12.2 Å². The minimum Gasteiger partial charge on any atom is -0.493 e. The van der Waals surface area contributed by atoms with E-state index in [1.165, 1.54) is 88.3 Å². The molecule has 2 N–H and O–H groups in total. The van der Waals surface area contributed by atoms with Crippen molar-refractivity contribution in [3.63, 3.8) is 0 Å². The van der Waals surface area contributed by atoms with Gasteiger partial charge in [0, 0.05) is 24.9 Å². The average molecular weight is 586 g/mol. The summed E-state index contributed by atoms with van der Waals surface area (Å²) in [4.78, 5) is 10.3. The van der Waals surface area contributed by atoms with E-state index in [0.717, 1.165) is 49.6 Å². The number of carboxylic acids is 1. The molecule has 0 radical (unpaired) electrons. The number of carboxylic acid groups (broad SMARTS) is 1. The van der Waals surface area contributed by atoms with Crippen molar-refractivity contribution in [3.8, 4) is 17.2 Å². The number of halogens is 1. The lowest BCUT2D eigenvalue weighted by molar-refractivity contribution is -0.137.